The fraction of sp³-hybridized carbons (Fsp3) is 0.529. The van der Waals surface area contributed by atoms with E-state index in [0.717, 1.165) is 36.9 Å². The lowest BCUT2D eigenvalue weighted by molar-refractivity contribution is -0.143. The van der Waals surface area contributed by atoms with Crippen molar-refractivity contribution in [3.8, 4) is 0 Å². The van der Waals surface area contributed by atoms with Crippen LogP contribution in [0.25, 0.3) is 0 Å². The number of carbonyl (C=O) groups is 2. The summed E-state index contributed by atoms with van der Waals surface area (Å²) in [7, 11) is 0. The normalized spacial score (nSPS) is 34.4. The molecule has 4 rings (SSSR count). The van der Waals surface area contributed by atoms with Crippen LogP contribution in [-0.4, -0.2) is 16.7 Å². The van der Waals surface area contributed by atoms with Crippen LogP contribution in [0.3, 0.4) is 0 Å². The molecule has 1 aromatic rings. The SMILES string of the molecule is CC1CC2C(=O)N(C3CCc4cc(N)ccc43)C(=O)C2C1. The fourth-order valence-corrected chi connectivity index (χ4v) is 4.49. The quantitative estimate of drug-likeness (QED) is 0.635. The van der Waals surface area contributed by atoms with Gasteiger partial charge in [-0.05, 0) is 54.9 Å². The van der Waals surface area contributed by atoms with Gasteiger partial charge in [0.15, 0.2) is 0 Å². The van der Waals surface area contributed by atoms with E-state index in [0.29, 0.717) is 5.92 Å². The van der Waals surface area contributed by atoms with Crippen molar-refractivity contribution in [2.24, 2.45) is 17.8 Å². The van der Waals surface area contributed by atoms with Crippen molar-refractivity contribution in [3.05, 3.63) is 29.3 Å². The number of rotatable bonds is 1. The van der Waals surface area contributed by atoms with Crippen LogP contribution in [0.5, 0.6) is 0 Å². The van der Waals surface area contributed by atoms with Gasteiger partial charge in [0.25, 0.3) is 0 Å². The second-order valence-corrected chi connectivity index (χ2v) is 6.85. The van der Waals surface area contributed by atoms with E-state index in [2.05, 4.69) is 6.92 Å². The Morgan fingerprint density at radius 2 is 1.81 bits per heavy atom. The van der Waals surface area contributed by atoms with Crippen LogP contribution in [0.4, 0.5) is 5.69 Å². The third-order valence-electron chi connectivity index (χ3n) is 5.43. The second kappa shape index (κ2) is 4.33. The minimum atomic E-state index is -0.0680. The number of benzene rings is 1. The third kappa shape index (κ3) is 1.74. The monoisotopic (exact) mass is 284 g/mol. The zero-order valence-corrected chi connectivity index (χ0v) is 12.2. The summed E-state index contributed by atoms with van der Waals surface area (Å²) in [4.78, 5) is 26.9. The van der Waals surface area contributed by atoms with Gasteiger partial charge in [-0.25, -0.2) is 0 Å². The Labute approximate surface area is 124 Å². The number of nitrogens with zero attached hydrogens (tertiary/aromatic N) is 1. The van der Waals surface area contributed by atoms with Crippen LogP contribution >= 0.6 is 0 Å². The molecule has 0 aromatic heterocycles. The van der Waals surface area contributed by atoms with Gasteiger partial charge in [-0.2, -0.15) is 0 Å². The minimum absolute atomic E-state index is 0.0593. The summed E-state index contributed by atoms with van der Waals surface area (Å²) in [6, 6.07) is 5.76. The van der Waals surface area contributed by atoms with Crippen molar-refractivity contribution in [3.63, 3.8) is 0 Å². The number of anilines is 1. The van der Waals surface area contributed by atoms with Crippen LogP contribution in [0.2, 0.25) is 0 Å². The molecule has 1 saturated carbocycles. The molecular formula is C17H20N2O2. The number of aryl methyl sites for hydroxylation is 1. The van der Waals surface area contributed by atoms with Crippen LogP contribution in [-0.2, 0) is 16.0 Å². The molecule has 4 heteroatoms. The van der Waals surface area contributed by atoms with Gasteiger partial charge >= 0.3 is 0 Å². The molecule has 110 valence electrons. The Balaban J connectivity index is 1.68. The number of nitrogens with two attached hydrogens (primary N) is 1. The highest BCUT2D eigenvalue weighted by Gasteiger charge is 2.54. The number of hydrogen-bond acceptors (Lipinski definition) is 3. The molecule has 1 aliphatic heterocycles. The molecule has 2 fully saturated rings. The Hall–Kier alpha value is -1.84. The average molecular weight is 284 g/mol. The van der Waals surface area contributed by atoms with Crippen molar-refractivity contribution in [2.75, 3.05) is 5.73 Å². The maximum absolute atomic E-state index is 12.7. The molecule has 3 unspecified atom stereocenters. The summed E-state index contributed by atoms with van der Waals surface area (Å²) in [6.07, 6.45) is 3.47. The largest absolute Gasteiger partial charge is 0.399 e. The molecule has 1 aromatic carbocycles. The lowest BCUT2D eigenvalue weighted by Gasteiger charge is -2.25. The van der Waals surface area contributed by atoms with E-state index in [1.807, 2.05) is 18.2 Å². The number of nitrogen functional groups attached to an aromatic ring is 1. The van der Waals surface area contributed by atoms with Gasteiger partial charge in [0.1, 0.15) is 0 Å². The van der Waals surface area contributed by atoms with E-state index in [9.17, 15) is 9.59 Å². The molecule has 3 aliphatic rings. The predicted molar refractivity (Wildman–Crippen MR) is 79.1 cm³/mol. The molecular weight excluding hydrogens is 264 g/mol. The Kier molecular flexibility index (Phi) is 2.65. The van der Waals surface area contributed by atoms with E-state index in [1.165, 1.54) is 5.56 Å². The van der Waals surface area contributed by atoms with Gasteiger partial charge in [-0.15, -0.1) is 0 Å². The smallest absolute Gasteiger partial charge is 0.233 e. The van der Waals surface area contributed by atoms with E-state index in [-0.39, 0.29) is 29.7 Å². The van der Waals surface area contributed by atoms with Crippen LogP contribution in [0, 0.1) is 17.8 Å². The molecule has 2 aliphatic carbocycles. The first-order valence-corrected chi connectivity index (χ1v) is 7.81. The number of imide groups is 1. The molecule has 0 spiro atoms. The maximum Gasteiger partial charge on any atom is 0.233 e. The molecule has 1 heterocycles. The summed E-state index contributed by atoms with van der Waals surface area (Å²) >= 11 is 0. The van der Waals surface area contributed by atoms with E-state index >= 15 is 0 Å². The summed E-state index contributed by atoms with van der Waals surface area (Å²) in [5.74, 6) is 0.481. The Morgan fingerprint density at radius 1 is 1.14 bits per heavy atom. The van der Waals surface area contributed by atoms with Crippen LogP contribution in [0.15, 0.2) is 18.2 Å². The van der Waals surface area contributed by atoms with Crippen LogP contribution < -0.4 is 5.73 Å². The van der Waals surface area contributed by atoms with Gasteiger partial charge in [0.2, 0.25) is 11.8 Å². The Morgan fingerprint density at radius 3 is 2.48 bits per heavy atom. The highest BCUT2D eigenvalue weighted by Crippen LogP contribution is 2.48. The highest BCUT2D eigenvalue weighted by molar-refractivity contribution is 6.06. The van der Waals surface area contributed by atoms with E-state index < -0.39 is 0 Å². The van der Waals surface area contributed by atoms with Crippen LogP contribution in [0.1, 0.15) is 43.4 Å². The average Bonchev–Trinajstić information content (AvgIpc) is 3.07. The third-order valence-corrected chi connectivity index (χ3v) is 5.43. The first kappa shape index (κ1) is 12.9. The lowest BCUT2D eigenvalue weighted by atomic mass is 10.00. The highest BCUT2D eigenvalue weighted by atomic mass is 16.2. The molecule has 2 amide bonds. The molecule has 3 atom stereocenters. The predicted octanol–water partition coefficient (Wildman–Crippen LogP) is 2.29. The second-order valence-electron chi connectivity index (χ2n) is 6.85. The van der Waals surface area contributed by atoms with Crippen molar-refractivity contribution >= 4 is 17.5 Å². The van der Waals surface area contributed by atoms with Gasteiger partial charge in [0.05, 0.1) is 17.9 Å². The molecule has 21 heavy (non-hydrogen) atoms. The molecule has 0 bridgehead atoms. The van der Waals surface area contributed by atoms with Gasteiger partial charge < -0.3 is 5.73 Å². The zero-order valence-electron chi connectivity index (χ0n) is 12.2. The summed E-state index contributed by atoms with van der Waals surface area (Å²) in [5.41, 5.74) is 8.87. The Bertz CT molecular complexity index is 616. The molecule has 0 radical (unpaired) electrons. The number of amides is 2. The van der Waals surface area contributed by atoms with Crippen molar-refractivity contribution in [2.45, 2.75) is 38.6 Å². The molecule has 2 N–H and O–H groups in total. The van der Waals surface area contributed by atoms with Crippen molar-refractivity contribution in [1.82, 2.24) is 4.90 Å². The topological polar surface area (TPSA) is 63.4 Å². The first-order chi connectivity index (χ1) is 10.1. The summed E-state index contributed by atoms with van der Waals surface area (Å²) in [6.45, 7) is 2.14. The fourth-order valence-electron chi connectivity index (χ4n) is 4.49. The van der Waals surface area contributed by atoms with Crippen molar-refractivity contribution in [1.29, 1.82) is 0 Å². The van der Waals surface area contributed by atoms with Gasteiger partial charge in [-0.1, -0.05) is 13.0 Å². The molecule has 1 saturated heterocycles. The van der Waals surface area contributed by atoms with Crippen molar-refractivity contribution < 1.29 is 9.59 Å². The lowest BCUT2D eigenvalue weighted by Crippen LogP contribution is -2.35. The van der Waals surface area contributed by atoms with E-state index in [1.54, 1.807) is 4.90 Å². The molecule has 4 nitrogen and oxygen atoms in total. The maximum atomic E-state index is 12.7. The standard InChI is InChI=1S/C17H20N2O2/c1-9-6-13-14(7-9)17(21)19(16(13)20)15-5-2-10-8-11(18)3-4-12(10)15/h3-4,8-9,13-15H,2,5-7,18H2,1H3. The van der Waals surface area contributed by atoms with Gasteiger partial charge in [-0.3, -0.25) is 14.5 Å². The van der Waals surface area contributed by atoms with Gasteiger partial charge in [0, 0.05) is 5.69 Å². The number of carbonyl (C=O) groups excluding carboxylic acids is 2. The van der Waals surface area contributed by atoms with E-state index in [4.69, 9.17) is 5.73 Å². The first-order valence-electron chi connectivity index (χ1n) is 7.81. The minimum Gasteiger partial charge on any atom is -0.399 e. The number of fused-ring (bicyclic) bond motifs is 2. The summed E-state index contributed by atoms with van der Waals surface area (Å²) in [5, 5.41) is 0. The zero-order chi connectivity index (χ0) is 14.7. The number of likely N-dealkylation sites (tertiary alicyclic amines) is 1. The number of hydrogen-bond donors (Lipinski definition) is 1. The summed E-state index contributed by atoms with van der Waals surface area (Å²) < 4.78 is 0.